The highest BCUT2D eigenvalue weighted by Crippen LogP contribution is 2.44. The molecule has 0 saturated carbocycles. The number of fused-ring (bicyclic) bond motifs is 1. The molecule has 1 aliphatic rings. The zero-order chi connectivity index (χ0) is 17.4. The van der Waals surface area contributed by atoms with Crippen molar-refractivity contribution in [3.8, 4) is 0 Å². The largest absolute Gasteiger partial charge is 0.478 e. The second-order valence-corrected chi connectivity index (χ2v) is 5.99. The van der Waals surface area contributed by atoms with Gasteiger partial charge in [0.2, 0.25) is 0 Å². The lowest BCUT2D eigenvalue weighted by atomic mass is 9.78. The van der Waals surface area contributed by atoms with Crippen LogP contribution in [0.4, 0.5) is 10.5 Å². The summed E-state index contributed by atoms with van der Waals surface area (Å²) in [7, 11) is 1.29. The molecule has 6 heteroatoms. The highest BCUT2D eigenvalue weighted by atomic mass is 16.5. The van der Waals surface area contributed by atoms with Gasteiger partial charge in [-0.3, -0.25) is 9.69 Å². The number of hydrogen-bond acceptors (Lipinski definition) is 4. The van der Waals surface area contributed by atoms with E-state index in [1.54, 1.807) is 12.1 Å². The fraction of sp³-hybridized carbons (Fsp3) is 0.353. The summed E-state index contributed by atoms with van der Waals surface area (Å²) in [4.78, 5) is 36.2. The van der Waals surface area contributed by atoms with Crippen LogP contribution in [0, 0.1) is 0 Å². The van der Waals surface area contributed by atoms with E-state index in [0.717, 1.165) is 0 Å². The van der Waals surface area contributed by atoms with Crippen LogP contribution in [0.3, 0.4) is 0 Å². The van der Waals surface area contributed by atoms with Crippen molar-refractivity contribution in [2.75, 3.05) is 18.6 Å². The second kappa shape index (κ2) is 5.87. The molecule has 0 bridgehead atoms. The van der Waals surface area contributed by atoms with E-state index in [1.165, 1.54) is 25.0 Å². The van der Waals surface area contributed by atoms with Gasteiger partial charge in [-0.25, -0.2) is 9.59 Å². The lowest BCUT2D eigenvalue weighted by Crippen LogP contribution is -2.35. The summed E-state index contributed by atoms with van der Waals surface area (Å²) in [6.07, 6.45) is -0.183. The molecule has 0 spiro atoms. The number of nitrogens with zero attached hydrogens (tertiary/aromatic N) is 1. The molecule has 6 nitrogen and oxygen atoms in total. The van der Waals surface area contributed by atoms with Crippen LogP contribution in [-0.4, -0.2) is 36.6 Å². The van der Waals surface area contributed by atoms with Crippen molar-refractivity contribution < 1.29 is 24.2 Å². The molecule has 122 valence electrons. The average Bonchev–Trinajstić information content (AvgIpc) is 2.79. The maximum atomic E-state index is 12.0. The number of amides is 1. The number of rotatable bonds is 4. The lowest BCUT2D eigenvalue weighted by molar-refractivity contribution is -0.113. The molecule has 1 aliphatic heterocycles. The van der Waals surface area contributed by atoms with E-state index in [1.807, 2.05) is 6.92 Å². The van der Waals surface area contributed by atoms with Crippen LogP contribution in [0.15, 0.2) is 30.4 Å². The summed E-state index contributed by atoms with van der Waals surface area (Å²) in [6, 6.07) is 4.59. The molecule has 1 unspecified atom stereocenters. The molecule has 23 heavy (non-hydrogen) atoms. The number of carboxylic acids is 1. The zero-order valence-electron chi connectivity index (χ0n) is 13.4. The molecule has 1 heterocycles. The van der Waals surface area contributed by atoms with Crippen LogP contribution in [0.1, 0.15) is 36.2 Å². The van der Waals surface area contributed by atoms with Gasteiger partial charge in [0, 0.05) is 12.0 Å². The summed E-state index contributed by atoms with van der Waals surface area (Å²) < 4.78 is 4.80. The fourth-order valence-electron chi connectivity index (χ4n) is 2.93. The minimum absolute atomic E-state index is 0.126. The van der Waals surface area contributed by atoms with E-state index < -0.39 is 17.5 Å². The Labute approximate surface area is 134 Å². The van der Waals surface area contributed by atoms with E-state index >= 15 is 0 Å². The van der Waals surface area contributed by atoms with Crippen LogP contribution < -0.4 is 4.90 Å². The number of benzene rings is 1. The van der Waals surface area contributed by atoms with Crippen LogP contribution >= 0.6 is 0 Å². The topological polar surface area (TPSA) is 83.9 Å². The summed E-state index contributed by atoms with van der Waals surface area (Å²) in [5.74, 6) is -1.17. The normalized spacial score (nSPS) is 19.2. The SMILES string of the molecule is C=C(CC1(C)CN(C(=O)OC)c2ccc(C(=O)O)cc21)C(C)=O. The number of anilines is 1. The number of ether oxygens (including phenoxy) is 1. The Morgan fingerprint density at radius 2 is 2.04 bits per heavy atom. The number of carbonyl (C=O) groups excluding carboxylic acids is 2. The summed E-state index contributed by atoms with van der Waals surface area (Å²) >= 11 is 0. The molecule has 1 aromatic carbocycles. The third-order valence-corrected chi connectivity index (χ3v) is 4.19. The van der Waals surface area contributed by atoms with Crippen LogP contribution in [-0.2, 0) is 14.9 Å². The maximum absolute atomic E-state index is 12.0. The molecule has 1 atom stereocenters. The minimum atomic E-state index is -1.04. The molecule has 0 radical (unpaired) electrons. The monoisotopic (exact) mass is 317 g/mol. The number of hydrogen-bond donors (Lipinski definition) is 1. The van der Waals surface area contributed by atoms with Gasteiger partial charge in [0.25, 0.3) is 0 Å². The number of ketones is 1. The van der Waals surface area contributed by atoms with Gasteiger partial charge in [-0.1, -0.05) is 13.5 Å². The van der Waals surface area contributed by atoms with Crippen molar-refractivity contribution in [1.82, 2.24) is 0 Å². The first-order valence-corrected chi connectivity index (χ1v) is 7.11. The van der Waals surface area contributed by atoms with Crippen molar-refractivity contribution in [3.63, 3.8) is 0 Å². The van der Waals surface area contributed by atoms with E-state index in [-0.39, 0.29) is 11.3 Å². The van der Waals surface area contributed by atoms with Crippen molar-refractivity contribution >= 4 is 23.5 Å². The molecule has 0 aromatic heterocycles. The molecular weight excluding hydrogens is 298 g/mol. The number of carbonyl (C=O) groups is 3. The molecule has 0 saturated heterocycles. The number of Topliss-reactive ketones (excluding diaryl/α,β-unsaturated/α-hetero) is 1. The molecule has 1 amide bonds. The Morgan fingerprint density at radius 1 is 1.39 bits per heavy atom. The Bertz CT molecular complexity index is 709. The first kappa shape index (κ1) is 16.7. The van der Waals surface area contributed by atoms with Gasteiger partial charge in [-0.05, 0) is 42.7 Å². The van der Waals surface area contributed by atoms with Crippen molar-refractivity contribution in [3.05, 3.63) is 41.5 Å². The van der Waals surface area contributed by atoms with Crippen LogP contribution in [0.5, 0.6) is 0 Å². The van der Waals surface area contributed by atoms with E-state index in [0.29, 0.717) is 29.8 Å². The molecule has 2 rings (SSSR count). The molecule has 1 N–H and O–H groups in total. The quantitative estimate of drug-likeness (QED) is 0.863. The number of methoxy groups -OCH3 is 1. The van der Waals surface area contributed by atoms with E-state index in [2.05, 4.69) is 6.58 Å². The maximum Gasteiger partial charge on any atom is 0.414 e. The predicted octanol–water partition coefficient (Wildman–Crippen LogP) is 2.76. The molecular formula is C17H19NO5. The first-order valence-electron chi connectivity index (χ1n) is 7.11. The summed E-state index contributed by atoms with van der Waals surface area (Å²) in [5, 5.41) is 9.20. The number of allylic oxidation sites excluding steroid dienone is 1. The number of aromatic carboxylic acids is 1. The molecule has 0 fully saturated rings. The molecule has 1 aromatic rings. The third kappa shape index (κ3) is 2.97. The Morgan fingerprint density at radius 3 is 2.57 bits per heavy atom. The van der Waals surface area contributed by atoms with Gasteiger partial charge in [0.1, 0.15) is 0 Å². The predicted molar refractivity (Wildman–Crippen MR) is 84.9 cm³/mol. The van der Waals surface area contributed by atoms with Crippen molar-refractivity contribution in [2.24, 2.45) is 0 Å². The average molecular weight is 317 g/mol. The van der Waals surface area contributed by atoms with Gasteiger partial charge in [-0.2, -0.15) is 0 Å². The number of carboxylic acid groups (broad SMARTS) is 1. The summed E-state index contributed by atoms with van der Waals surface area (Å²) in [5.41, 5.74) is 1.27. The van der Waals surface area contributed by atoms with Gasteiger partial charge >= 0.3 is 12.1 Å². The second-order valence-electron chi connectivity index (χ2n) is 5.99. The summed E-state index contributed by atoms with van der Waals surface area (Å²) in [6.45, 7) is 7.40. The fourth-order valence-corrected chi connectivity index (χ4v) is 2.93. The Kier molecular flexibility index (Phi) is 4.27. The van der Waals surface area contributed by atoms with Gasteiger partial charge in [0.15, 0.2) is 5.78 Å². The lowest BCUT2D eigenvalue weighted by Gasteiger charge is -2.26. The van der Waals surface area contributed by atoms with Crippen molar-refractivity contribution in [2.45, 2.75) is 25.7 Å². The highest BCUT2D eigenvalue weighted by Gasteiger charge is 2.42. The van der Waals surface area contributed by atoms with E-state index in [4.69, 9.17) is 4.74 Å². The van der Waals surface area contributed by atoms with E-state index in [9.17, 15) is 19.5 Å². The van der Waals surface area contributed by atoms with Gasteiger partial charge in [0.05, 0.1) is 18.4 Å². The Hall–Kier alpha value is -2.63. The first-order chi connectivity index (χ1) is 10.7. The highest BCUT2D eigenvalue weighted by molar-refractivity contribution is 5.96. The zero-order valence-corrected chi connectivity index (χ0v) is 13.4. The smallest absolute Gasteiger partial charge is 0.414 e. The van der Waals surface area contributed by atoms with Gasteiger partial charge in [-0.15, -0.1) is 0 Å². The molecule has 0 aliphatic carbocycles. The van der Waals surface area contributed by atoms with Gasteiger partial charge < -0.3 is 9.84 Å². The Balaban J connectivity index is 2.53. The van der Waals surface area contributed by atoms with Crippen LogP contribution in [0.2, 0.25) is 0 Å². The third-order valence-electron chi connectivity index (χ3n) is 4.19. The minimum Gasteiger partial charge on any atom is -0.478 e. The van der Waals surface area contributed by atoms with Crippen molar-refractivity contribution in [1.29, 1.82) is 0 Å². The standard InChI is InChI=1S/C17H19NO5/c1-10(11(2)19)8-17(3)9-18(16(22)23-4)14-6-5-12(15(20)21)7-13(14)17/h5-7H,1,8-9H2,2-4H3,(H,20,21). The van der Waals surface area contributed by atoms with Crippen LogP contribution in [0.25, 0.3) is 0 Å².